The molecule has 49 heavy (non-hydrogen) atoms. The number of hydrogen-bond acceptors (Lipinski definition) is 8. The molecular weight excluding hydrogens is 620 g/mol. The third-order valence-electron chi connectivity index (χ3n) is 8.68. The van der Waals surface area contributed by atoms with Crippen LogP contribution in [0.3, 0.4) is 0 Å². The molecule has 0 aromatic heterocycles. The van der Waals surface area contributed by atoms with E-state index < -0.39 is 30.7 Å². The van der Waals surface area contributed by atoms with Crippen molar-refractivity contribution < 1.29 is 37.9 Å². The molecule has 0 saturated carbocycles. The van der Waals surface area contributed by atoms with E-state index in [1.165, 1.54) is 10.8 Å². The lowest BCUT2D eigenvalue weighted by Crippen LogP contribution is -2.61. The quantitative estimate of drug-likeness (QED) is 0.107. The molecule has 5 aromatic carbocycles. The summed E-state index contributed by atoms with van der Waals surface area (Å²) >= 11 is 0. The van der Waals surface area contributed by atoms with Crippen LogP contribution in [0, 0.1) is 0 Å². The number of methoxy groups -OCH3 is 3. The fourth-order valence-electron chi connectivity index (χ4n) is 5.99. The molecule has 5 atom stereocenters. The lowest BCUT2D eigenvalue weighted by molar-refractivity contribution is -0.323. The van der Waals surface area contributed by atoms with Gasteiger partial charge < -0.3 is 37.9 Å². The highest BCUT2D eigenvalue weighted by Crippen LogP contribution is 2.32. The van der Waals surface area contributed by atoms with E-state index in [1.54, 1.807) is 21.3 Å². The minimum Gasteiger partial charge on any atom is -0.497 e. The molecule has 0 spiro atoms. The molecule has 0 aliphatic carbocycles. The highest BCUT2D eigenvalue weighted by Gasteiger charge is 2.48. The Labute approximate surface area is 288 Å². The minimum atomic E-state index is -0.732. The Morgan fingerprint density at radius 1 is 0.490 bits per heavy atom. The summed E-state index contributed by atoms with van der Waals surface area (Å²) < 4.78 is 49.5. The molecule has 1 saturated heterocycles. The zero-order valence-corrected chi connectivity index (χ0v) is 28.2. The van der Waals surface area contributed by atoms with Gasteiger partial charge in [-0.15, -0.1) is 0 Å². The van der Waals surface area contributed by atoms with Crippen molar-refractivity contribution >= 4 is 10.8 Å². The van der Waals surface area contributed by atoms with Crippen LogP contribution in [-0.2, 0) is 54.8 Å². The molecule has 5 aromatic rings. The van der Waals surface area contributed by atoms with E-state index in [2.05, 4.69) is 30.3 Å². The van der Waals surface area contributed by atoms with Gasteiger partial charge in [-0.3, -0.25) is 0 Å². The standard InChI is InChI=1S/C41H44O8/c1-42-35-19-14-30(15-20-35)26-47-39-38(46-25-29-9-5-4-6-10-29)37(28-45-24-32-13-18-33-11-7-8-12-34(33)23-32)49-41(44-3)40(39)48-27-31-16-21-36(43-2)22-17-31/h4-23,37-41H,24-28H2,1-3H3/t37-,38-,39+,40-,41+/m1/s1. The van der Waals surface area contributed by atoms with Crippen molar-refractivity contribution in [1.82, 2.24) is 0 Å². The van der Waals surface area contributed by atoms with Crippen LogP contribution in [0.2, 0.25) is 0 Å². The molecule has 8 nitrogen and oxygen atoms in total. The average molecular weight is 665 g/mol. The van der Waals surface area contributed by atoms with E-state index in [0.29, 0.717) is 26.4 Å². The van der Waals surface area contributed by atoms with Crippen LogP contribution >= 0.6 is 0 Å². The Hall–Kier alpha value is -4.28. The Kier molecular flexibility index (Phi) is 12.3. The maximum Gasteiger partial charge on any atom is 0.186 e. The number of ether oxygens (including phenoxy) is 8. The molecule has 0 radical (unpaired) electrons. The maximum absolute atomic E-state index is 6.73. The van der Waals surface area contributed by atoms with Gasteiger partial charge in [0.2, 0.25) is 0 Å². The van der Waals surface area contributed by atoms with Crippen molar-refractivity contribution in [2.75, 3.05) is 27.9 Å². The number of rotatable bonds is 16. The van der Waals surface area contributed by atoms with E-state index >= 15 is 0 Å². The summed E-state index contributed by atoms with van der Waals surface area (Å²) in [6, 6.07) is 40.3. The third kappa shape index (κ3) is 9.25. The van der Waals surface area contributed by atoms with Crippen LogP contribution in [-0.4, -0.2) is 58.6 Å². The first-order chi connectivity index (χ1) is 24.1. The van der Waals surface area contributed by atoms with E-state index in [1.807, 2.05) is 91.0 Å². The summed E-state index contributed by atoms with van der Waals surface area (Å²) in [6.45, 7) is 1.68. The van der Waals surface area contributed by atoms with Crippen molar-refractivity contribution in [3.63, 3.8) is 0 Å². The Morgan fingerprint density at radius 3 is 1.63 bits per heavy atom. The number of benzene rings is 5. The maximum atomic E-state index is 6.73. The molecule has 0 bridgehead atoms. The largest absolute Gasteiger partial charge is 0.497 e. The second-order valence-electron chi connectivity index (χ2n) is 12.0. The second kappa shape index (κ2) is 17.4. The smallest absolute Gasteiger partial charge is 0.186 e. The van der Waals surface area contributed by atoms with Gasteiger partial charge in [0.15, 0.2) is 6.29 Å². The van der Waals surface area contributed by atoms with Gasteiger partial charge in [0.25, 0.3) is 0 Å². The summed E-state index contributed by atoms with van der Waals surface area (Å²) in [4.78, 5) is 0. The first kappa shape index (κ1) is 34.6. The summed E-state index contributed by atoms with van der Waals surface area (Å²) in [7, 11) is 4.92. The van der Waals surface area contributed by atoms with Crippen molar-refractivity contribution in [2.24, 2.45) is 0 Å². The van der Waals surface area contributed by atoms with Gasteiger partial charge in [-0.25, -0.2) is 0 Å². The molecule has 0 amide bonds. The number of fused-ring (bicyclic) bond motifs is 1. The lowest BCUT2D eigenvalue weighted by Gasteiger charge is -2.45. The Morgan fingerprint density at radius 2 is 1.02 bits per heavy atom. The fourth-order valence-corrected chi connectivity index (χ4v) is 5.99. The predicted octanol–water partition coefficient (Wildman–Crippen LogP) is 7.50. The zero-order valence-electron chi connectivity index (χ0n) is 28.2. The monoisotopic (exact) mass is 664 g/mol. The highest BCUT2D eigenvalue weighted by atomic mass is 16.7. The van der Waals surface area contributed by atoms with E-state index in [0.717, 1.165) is 33.8 Å². The van der Waals surface area contributed by atoms with Gasteiger partial charge in [-0.1, -0.05) is 91.0 Å². The molecule has 0 unspecified atom stereocenters. The van der Waals surface area contributed by atoms with Crippen molar-refractivity contribution in [3.8, 4) is 11.5 Å². The van der Waals surface area contributed by atoms with Crippen molar-refractivity contribution in [1.29, 1.82) is 0 Å². The average Bonchev–Trinajstić information content (AvgIpc) is 3.16. The minimum absolute atomic E-state index is 0.264. The van der Waals surface area contributed by atoms with Crippen LogP contribution in [0.25, 0.3) is 10.8 Å². The normalized spacial score (nSPS) is 20.7. The third-order valence-corrected chi connectivity index (χ3v) is 8.68. The van der Waals surface area contributed by atoms with Crippen LogP contribution in [0.4, 0.5) is 0 Å². The van der Waals surface area contributed by atoms with Gasteiger partial charge in [0.05, 0.1) is 47.3 Å². The van der Waals surface area contributed by atoms with Gasteiger partial charge in [-0.05, 0) is 63.4 Å². The van der Waals surface area contributed by atoms with Gasteiger partial charge in [-0.2, -0.15) is 0 Å². The highest BCUT2D eigenvalue weighted by molar-refractivity contribution is 5.82. The van der Waals surface area contributed by atoms with Crippen LogP contribution < -0.4 is 9.47 Å². The first-order valence-electron chi connectivity index (χ1n) is 16.5. The number of hydrogen-bond donors (Lipinski definition) is 0. The van der Waals surface area contributed by atoms with Crippen LogP contribution in [0.1, 0.15) is 22.3 Å². The first-order valence-corrected chi connectivity index (χ1v) is 16.5. The molecule has 1 heterocycles. The van der Waals surface area contributed by atoms with E-state index in [-0.39, 0.29) is 6.61 Å². The molecule has 256 valence electrons. The molecule has 8 heteroatoms. The van der Waals surface area contributed by atoms with Gasteiger partial charge >= 0.3 is 0 Å². The molecule has 1 aliphatic heterocycles. The zero-order chi connectivity index (χ0) is 33.8. The molecule has 1 fully saturated rings. The van der Waals surface area contributed by atoms with Crippen molar-refractivity contribution in [3.05, 3.63) is 144 Å². The van der Waals surface area contributed by atoms with E-state index in [4.69, 9.17) is 37.9 Å². The summed E-state index contributed by atoms with van der Waals surface area (Å²) in [5, 5.41) is 2.36. The molecule has 1 aliphatic rings. The van der Waals surface area contributed by atoms with Crippen LogP contribution in [0.15, 0.2) is 121 Å². The fraction of sp³-hybridized carbons (Fsp3) is 0.317. The Bertz CT molecular complexity index is 1710. The lowest BCUT2D eigenvalue weighted by atomic mass is 9.97. The SMILES string of the molecule is COc1ccc(CO[C@@H]2[C@@H](OCc3ccc(OC)cc3)[C@@H](OC)O[C@H](COCc3ccc4ccccc4c3)[C@H]2OCc2ccccc2)cc1. The van der Waals surface area contributed by atoms with Crippen molar-refractivity contribution in [2.45, 2.75) is 57.1 Å². The van der Waals surface area contributed by atoms with Gasteiger partial charge in [0.1, 0.15) is 35.9 Å². The molecule has 6 rings (SSSR count). The summed E-state index contributed by atoms with van der Waals surface area (Å²) in [6.07, 6.45) is -2.94. The summed E-state index contributed by atoms with van der Waals surface area (Å²) in [5.41, 5.74) is 4.08. The predicted molar refractivity (Wildman–Crippen MR) is 187 cm³/mol. The Balaban J connectivity index is 1.24. The molecular formula is C41H44O8. The topological polar surface area (TPSA) is 73.8 Å². The summed E-state index contributed by atoms with van der Waals surface area (Å²) in [5.74, 6) is 1.56. The van der Waals surface area contributed by atoms with Crippen LogP contribution in [0.5, 0.6) is 11.5 Å². The van der Waals surface area contributed by atoms with Gasteiger partial charge in [0, 0.05) is 7.11 Å². The molecule has 0 N–H and O–H groups in total. The van der Waals surface area contributed by atoms with E-state index in [9.17, 15) is 0 Å². The second-order valence-corrected chi connectivity index (χ2v) is 12.0.